The van der Waals surface area contributed by atoms with Crippen LogP contribution in [0.4, 0.5) is 11.4 Å². The Morgan fingerprint density at radius 3 is 2.88 bits per heavy atom. The predicted molar refractivity (Wildman–Crippen MR) is 62.1 cm³/mol. The van der Waals surface area contributed by atoms with Crippen LogP contribution in [-0.4, -0.2) is 16.1 Å². The molecule has 0 atom stereocenters. The number of nitrogens with one attached hydrogen (secondary N) is 2. The third-order valence-corrected chi connectivity index (χ3v) is 2.28. The molecule has 0 saturated carbocycles. The number of carbonyl (C=O) groups is 1. The van der Waals surface area contributed by atoms with Crippen LogP contribution in [0.25, 0.3) is 0 Å². The van der Waals surface area contributed by atoms with Gasteiger partial charge in [0.25, 0.3) is 5.91 Å². The molecule has 4 N–H and O–H groups in total. The Hall–Kier alpha value is -2.30. The van der Waals surface area contributed by atoms with E-state index in [1.54, 1.807) is 18.2 Å². The first-order chi connectivity index (χ1) is 7.66. The van der Waals surface area contributed by atoms with Crippen LogP contribution >= 0.6 is 0 Å². The minimum Gasteiger partial charge on any atom is -0.398 e. The van der Waals surface area contributed by atoms with Gasteiger partial charge in [-0.25, -0.2) is 0 Å². The Morgan fingerprint density at radius 1 is 1.44 bits per heavy atom. The first-order valence-electron chi connectivity index (χ1n) is 4.83. The van der Waals surface area contributed by atoms with Crippen LogP contribution < -0.4 is 11.1 Å². The molecule has 1 aromatic carbocycles. The highest BCUT2D eigenvalue weighted by atomic mass is 16.1. The fourth-order valence-corrected chi connectivity index (χ4v) is 1.30. The van der Waals surface area contributed by atoms with E-state index in [9.17, 15) is 4.79 Å². The molecule has 5 nitrogen and oxygen atoms in total. The van der Waals surface area contributed by atoms with Crippen molar-refractivity contribution in [3.05, 3.63) is 41.7 Å². The number of aromatic amines is 1. The number of hydrogen-bond acceptors (Lipinski definition) is 3. The van der Waals surface area contributed by atoms with Crippen LogP contribution in [0, 0.1) is 6.92 Å². The van der Waals surface area contributed by atoms with Gasteiger partial charge in [-0.15, -0.1) is 0 Å². The summed E-state index contributed by atoms with van der Waals surface area (Å²) in [5, 5.41) is 9.02. The SMILES string of the molecule is Cc1ccc(NC(=O)c2ccn[nH]2)cc1N. The lowest BCUT2D eigenvalue weighted by Gasteiger charge is -2.06. The Morgan fingerprint density at radius 2 is 2.25 bits per heavy atom. The van der Waals surface area contributed by atoms with Crippen LogP contribution in [0.5, 0.6) is 0 Å². The summed E-state index contributed by atoms with van der Waals surface area (Å²) >= 11 is 0. The van der Waals surface area contributed by atoms with Crippen molar-refractivity contribution in [2.75, 3.05) is 11.1 Å². The summed E-state index contributed by atoms with van der Waals surface area (Å²) in [5.41, 5.74) is 8.47. The molecule has 1 heterocycles. The summed E-state index contributed by atoms with van der Waals surface area (Å²) < 4.78 is 0. The van der Waals surface area contributed by atoms with Crippen molar-refractivity contribution in [1.29, 1.82) is 0 Å². The Labute approximate surface area is 92.7 Å². The Kier molecular flexibility index (Phi) is 2.59. The standard InChI is InChI=1S/C11H12N4O/c1-7-2-3-8(6-9(7)12)14-11(16)10-4-5-13-15-10/h2-6H,12H2,1H3,(H,13,15)(H,14,16). The third-order valence-electron chi connectivity index (χ3n) is 2.28. The summed E-state index contributed by atoms with van der Waals surface area (Å²) in [7, 11) is 0. The first-order valence-corrected chi connectivity index (χ1v) is 4.83. The number of nitrogens with two attached hydrogens (primary N) is 1. The second-order valence-electron chi connectivity index (χ2n) is 3.50. The molecule has 0 aliphatic heterocycles. The topological polar surface area (TPSA) is 83.8 Å². The van der Waals surface area contributed by atoms with E-state index < -0.39 is 0 Å². The second kappa shape index (κ2) is 4.06. The van der Waals surface area contributed by atoms with Gasteiger partial charge in [-0.1, -0.05) is 6.07 Å². The zero-order chi connectivity index (χ0) is 11.5. The van der Waals surface area contributed by atoms with E-state index in [2.05, 4.69) is 15.5 Å². The maximum Gasteiger partial charge on any atom is 0.273 e. The number of H-pyrrole nitrogens is 1. The maximum absolute atomic E-state index is 11.6. The largest absolute Gasteiger partial charge is 0.398 e. The highest BCUT2D eigenvalue weighted by Gasteiger charge is 2.07. The lowest BCUT2D eigenvalue weighted by atomic mass is 10.2. The number of aromatic nitrogens is 2. The molecule has 0 radical (unpaired) electrons. The van der Waals surface area contributed by atoms with Crippen LogP contribution in [-0.2, 0) is 0 Å². The normalized spacial score (nSPS) is 10.1. The fourth-order valence-electron chi connectivity index (χ4n) is 1.30. The van der Waals surface area contributed by atoms with Gasteiger partial charge in [-0.2, -0.15) is 5.10 Å². The van der Waals surface area contributed by atoms with Gasteiger partial charge in [0, 0.05) is 17.6 Å². The number of nitrogen functional groups attached to an aromatic ring is 1. The predicted octanol–water partition coefficient (Wildman–Crippen LogP) is 1.55. The molecule has 0 saturated heterocycles. The van der Waals surface area contributed by atoms with Crippen LogP contribution in [0.3, 0.4) is 0 Å². The van der Waals surface area contributed by atoms with E-state index in [4.69, 9.17) is 5.73 Å². The highest BCUT2D eigenvalue weighted by Crippen LogP contribution is 2.17. The van der Waals surface area contributed by atoms with Gasteiger partial charge in [0.2, 0.25) is 0 Å². The quantitative estimate of drug-likeness (QED) is 0.666. The van der Waals surface area contributed by atoms with Crippen molar-refractivity contribution in [2.24, 2.45) is 0 Å². The van der Waals surface area contributed by atoms with E-state index >= 15 is 0 Å². The molecular formula is C11H12N4O. The van der Waals surface area contributed by atoms with Gasteiger partial charge >= 0.3 is 0 Å². The lowest BCUT2D eigenvalue weighted by molar-refractivity contribution is 0.102. The monoisotopic (exact) mass is 216 g/mol. The summed E-state index contributed by atoms with van der Waals surface area (Å²) in [6, 6.07) is 6.99. The highest BCUT2D eigenvalue weighted by molar-refractivity contribution is 6.03. The van der Waals surface area contributed by atoms with Crippen molar-refractivity contribution < 1.29 is 4.79 Å². The summed E-state index contributed by atoms with van der Waals surface area (Å²) in [6.07, 6.45) is 1.53. The van der Waals surface area contributed by atoms with E-state index in [1.807, 2.05) is 13.0 Å². The third kappa shape index (κ3) is 2.03. The molecule has 5 heteroatoms. The molecule has 1 amide bonds. The van der Waals surface area contributed by atoms with Crippen molar-refractivity contribution >= 4 is 17.3 Å². The van der Waals surface area contributed by atoms with Crippen molar-refractivity contribution in [2.45, 2.75) is 6.92 Å². The molecule has 82 valence electrons. The molecule has 0 spiro atoms. The van der Waals surface area contributed by atoms with Crippen molar-refractivity contribution in [3.8, 4) is 0 Å². The van der Waals surface area contributed by atoms with Crippen LogP contribution in [0.1, 0.15) is 16.1 Å². The van der Waals surface area contributed by atoms with Gasteiger partial charge in [0.15, 0.2) is 0 Å². The Bertz CT molecular complexity index is 505. The first kappa shape index (κ1) is 10.2. The zero-order valence-corrected chi connectivity index (χ0v) is 8.82. The second-order valence-corrected chi connectivity index (χ2v) is 3.50. The molecule has 2 aromatic rings. The molecule has 1 aromatic heterocycles. The smallest absolute Gasteiger partial charge is 0.273 e. The van der Waals surface area contributed by atoms with Crippen LogP contribution in [0.2, 0.25) is 0 Å². The van der Waals surface area contributed by atoms with E-state index in [-0.39, 0.29) is 5.91 Å². The molecule has 0 bridgehead atoms. The molecule has 16 heavy (non-hydrogen) atoms. The number of nitrogens with zero attached hydrogens (tertiary/aromatic N) is 1. The molecule has 0 fully saturated rings. The van der Waals surface area contributed by atoms with Crippen LogP contribution in [0.15, 0.2) is 30.5 Å². The number of carbonyl (C=O) groups excluding carboxylic acids is 1. The van der Waals surface area contributed by atoms with Gasteiger partial charge < -0.3 is 11.1 Å². The van der Waals surface area contributed by atoms with E-state index in [0.717, 1.165) is 5.56 Å². The molecule has 2 rings (SSSR count). The molecule has 0 unspecified atom stereocenters. The summed E-state index contributed by atoms with van der Waals surface area (Å²) in [6.45, 7) is 1.91. The number of rotatable bonds is 2. The number of amides is 1. The molecular weight excluding hydrogens is 204 g/mol. The van der Waals surface area contributed by atoms with Gasteiger partial charge in [0.1, 0.15) is 5.69 Å². The number of hydrogen-bond donors (Lipinski definition) is 3. The minimum atomic E-state index is -0.235. The van der Waals surface area contributed by atoms with Gasteiger partial charge in [0.05, 0.1) is 0 Å². The average molecular weight is 216 g/mol. The number of benzene rings is 1. The maximum atomic E-state index is 11.6. The summed E-state index contributed by atoms with van der Waals surface area (Å²) in [5.74, 6) is -0.235. The van der Waals surface area contributed by atoms with E-state index in [0.29, 0.717) is 17.1 Å². The molecule has 0 aliphatic rings. The Balaban J connectivity index is 2.15. The number of aryl methyl sites for hydroxylation is 1. The van der Waals surface area contributed by atoms with Crippen molar-refractivity contribution in [1.82, 2.24) is 10.2 Å². The van der Waals surface area contributed by atoms with Gasteiger partial charge in [-0.05, 0) is 30.7 Å². The minimum absolute atomic E-state index is 0.235. The van der Waals surface area contributed by atoms with Gasteiger partial charge in [-0.3, -0.25) is 9.89 Å². The lowest BCUT2D eigenvalue weighted by Crippen LogP contribution is -2.12. The number of anilines is 2. The summed E-state index contributed by atoms with van der Waals surface area (Å²) in [4.78, 5) is 11.6. The average Bonchev–Trinajstić information content (AvgIpc) is 2.77. The molecule has 0 aliphatic carbocycles. The van der Waals surface area contributed by atoms with E-state index in [1.165, 1.54) is 6.20 Å². The fraction of sp³-hybridized carbons (Fsp3) is 0.0909. The zero-order valence-electron chi connectivity index (χ0n) is 8.82. The van der Waals surface area contributed by atoms with Crippen molar-refractivity contribution in [3.63, 3.8) is 0 Å².